The molecule has 0 bridgehead atoms. The van der Waals surface area contributed by atoms with E-state index in [0.717, 1.165) is 31.4 Å². The van der Waals surface area contributed by atoms with Crippen molar-refractivity contribution in [2.75, 3.05) is 13.1 Å². The van der Waals surface area contributed by atoms with Gasteiger partial charge in [-0.1, -0.05) is 57.4 Å². The fourth-order valence-electron chi connectivity index (χ4n) is 4.23. The molecular weight excluding hydrogens is 324 g/mol. The van der Waals surface area contributed by atoms with Gasteiger partial charge in [-0.2, -0.15) is 0 Å². The summed E-state index contributed by atoms with van der Waals surface area (Å²) in [5.41, 5.74) is 1.20. The first-order valence-electron chi connectivity index (χ1n) is 10.3. The standard InChI is InChI=1S/C22H34N2O2/c1-17(2)19-11-9-18(10-12-19)15-24-14-6-13-22(26,21(24)25)16-23-20-7-4-3-5-8-20/h9-12,17,20,23,26H,3-8,13-16H2,1-2H3/t22-/m0/s1. The van der Waals surface area contributed by atoms with E-state index in [0.29, 0.717) is 31.5 Å². The second-order valence-corrected chi connectivity index (χ2v) is 8.47. The van der Waals surface area contributed by atoms with E-state index in [4.69, 9.17) is 0 Å². The zero-order chi connectivity index (χ0) is 18.6. The van der Waals surface area contributed by atoms with Gasteiger partial charge in [0, 0.05) is 25.7 Å². The highest BCUT2D eigenvalue weighted by Crippen LogP contribution is 2.25. The molecule has 0 spiro atoms. The van der Waals surface area contributed by atoms with Crippen molar-refractivity contribution in [3.05, 3.63) is 35.4 Å². The summed E-state index contributed by atoms with van der Waals surface area (Å²) >= 11 is 0. The van der Waals surface area contributed by atoms with Crippen LogP contribution in [0.3, 0.4) is 0 Å². The van der Waals surface area contributed by atoms with E-state index in [1.165, 1.54) is 24.8 Å². The van der Waals surface area contributed by atoms with Crippen LogP contribution in [0.15, 0.2) is 24.3 Å². The van der Waals surface area contributed by atoms with Gasteiger partial charge in [-0.3, -0.25) is 4.79 Å². The third kappa shape index (κ3) is 4.66. The number of aliphatic hydroxyl groups is 1. The molecule has 2 fully saturated rings. The highest BCUT2D eigenvalue weighted by Gasteiger charge is 2.42. The van der Waals surface area contributed by atoms with E-state index >= 15 is 0 Å². The van der Waals surface area contributed by atoms with Crippen LogP contribution in [-0.4, -0.2) is 40.6 Å². The average molecular weight is 359 g/mol. The maximum Gasteiger partial charge on any atom is 0.256 e. The second-order valence-electron chi connectivity index (χ2n) is 8.47. The summed E-state index contributed by atoms with van der Waals surface area (Å²) in [7, 11) is 0. The van der Waals surface area contributed by atoms with E-state index in [1.54, 1.807) is 0 Å². The average Bonchev–Trinajstić information content (AvgIpc) is 2.65. The van der Waals surface area contributed by atoms with Crippen molar-refractivity contribution in [1.82, 2.24) is 10.2 Å². The van der Waals surface area contributed by atoms with Crippen molar-refractivity contribution in [3.63, 3.8) is 0 Å². The largest absolute Gasteiger partial charge is 0.379 e. The number of carbonyl (C=O) groups excluding carboxylic acids is 1. The zero-order valence-electron chi connectivity index (χ0n) is 16.3. The summed E-state index contributed by atoms with van der Waals surface area (Å²) in [5, 5.41) is 14.5. The van der Waals surface area contributed by atoms with E-state index in [9.17, 15) is 9.90 Å². The first kappa shape index (κ1) is 19.4. The Morgan fingerprint density at radius 2 is 1.85 bits per heavy atom. The Labute approximate surface area is 158 Å². The zero-order valence-corrected chi connectivity index (χ0v) is 16.3. The molecule has 3 rings (SSSR count). The van der Waals surface area contributed by atoms with Crippen LogP contribution in [-0.2, 0) is 11.3 Å². The molecule has 1 saturated carbocycles. The molecule has 1 heterocycles. The summed E-state index contributed by atoms with van der Waals surface area (Å²) in [6.07, 6.45) is 7.56. The number of amides is 1. The van der Waals surface area contributed by atoms with Gasteiger partial charge in [-0.05, 0) is 42.7 Å². The topological polar surface area (TPSA) is 52.6 Å². The van der Waals surface area contributed by atoms with Crippen LogP contribution in [0.2, 0.25) is 0 Å². The number of hydrogen-bond acceptors (Lipinski definition) is 3. The first-order chi connectivity index (χ1) is 12.5. The van der Waals surface area contributed by atoms with Crippen molar-refractivity contribution in [2.24, 2.45) is 0 Å². The lowest BCUT2D eigenvalue weighted by Gasteiger charge is -2.39. The minimum atomic E-state index is -1.24. The number of piperidine rings is 1. The van der Waals surface area contributed by atoms with Crippen LogP contribution in [0.5, 0.6) is 0 Å². The lowest BCUT2D eigenvalue weighted by molar-refractivity contribution is -0.157. The summed E-state index contributed by atoms with van der Waals surface area (Å²) in [4.78, 5) is 14.8. The Kier molecular flexibility index (Phi) is 6.36. The third-order valence-electron chi connectivity index (χ3n) is 6.01. The van der Waals surface area contributed by atoms with Crippen molar-refractivity contribution in [3.8, 4) is 0 Å². The van der Waals surface area contributed by atoms with Crippen LogP contribution in [0.1, 0.15) is 75.8 Å². The molecule has 0 unspecified atom stereocenters. The second kappa shape index (κ2) is 8.53. The Morgan fingerprint density at radius 3 is 2.50 bits per heavy atom. The predicted molar refractivity (Wildman–Crippen MR) is 105 cm³/mol. The normalized spacial score (nSPS) is 25.1. The lowest BCUT2D eigenvalue weighted by Crippen LogP contribution is -2.58. The summed E-state index contributed by atoms with van der Waals surface area (Å²) < 4.78 is 0. The molecule has 26 heavy (non-hydrogen) atoms. The molecule has 2 N–H and O–H groups in total. The van der Waals surface area contributed by atoms with Crippen LogP contribution in [0.4, 0.5) is 0 Å². The molecule has 1 aliphatic carbocycles. The van der Waals surface area contributed by atoms with Crippen molar-refractivity contribution >= 4 is 5.91 Å². The summed E-state index contributed by atoms with van der Waals surface area (Å²) in [6.45, 7) is 6.07. The van der Waals surface area contributed by atoms with Crippen molar-refractivity contribution < 1.29 is 9.90 Å². The van der Waals surface area contributed by atoms with Crippen molar-refractivity contribution in [1.29, 1.82) is 0 Å². The summed E-state index contributed by atoms with van der Waals surface area (Å²) in [6, 6.07) is 8.96. The lowest BCUT2D eigenvalue weighted by atomic mass is 9.89. The molecular formula is C22H34N2O2. The van der Waals surface area contributed by atoms with Gasteiger partial charge in [0.15, 0.2) is 5.60 Å². The number of nitrogens with zero attached hydrogens (tertiary/aromatic N) is 1. The number of rotatable bonds is 6. The molecule has 0 aromatic heterocycles. The molecule has 1 amide bonds. The quantitative estimate of drug-likeness (QED) is 0.817. The molecule has 2 aliphatic rings. The molecule has 1 saturated heterocycles. The first-order valence-corrected chi connectivity index (χ1v) is 10.3. The Bertz CT molecular complexity index is 593. The molecule has 144 valence electrons. The minimum Gasteiger partial charge on any atom is -0.379 e. The highest BCUT2D eigenvalue weighted by molar-refractivity contribution is 5.86. The smallest absolute Gasteiger partial charge is 0.256 e. The van der Waals surface area contributed by atoms with Crippen LogP contribution in [0.25, 0.3) is 0 Å². The van der Waals surface area contributed by atoms with Gasteiger partial charge in [0.1, 0.15) is 0 Å². The number of nitrogens with one attached hydrogen (secondary N) is 1. The number of likely N-dealkylation sites (tertiary alicyclic amines) is 1. The predicted octanol–water partition coefficient (Wildman–Crippen LogP) is 3.59. The molecule has 1 aromatic rings. The van der Waals surface area contributed by atoms with Crippen LogP contribution in [0, 0.1) is 0 Å². The fourth-order valence-corrected chi connectivity index (χ4v) is 4.23. The van der Waals surface area contributed by atoms with Crippen molar-refractivity contribution in [2.45, 2.75) is 82.9 Å². The van der Waals surface area contributed by atoms with Gasteiger partial charge in [-0.25, -0.2) is 0 Å². The number of carbonyl (C=O) groups is 1. The van der Waals surface area contributed by atoms with Gasteiger partial charge in [0.2, 0.25) is 0 Å². The third-order valence-corrected chi connectivity index (χ3v) is 6.01. The monoisotopic (exact) mass is 358 g/mol. The number of benzene rings is 1. The molecule has 0 radical (unpaired) electrons. The fraction of sp³-hybridized carbons (Fsp3) is 0.682. The molecule has 1 aromatic carbocycles. The molecule has 1 atom stereocenters. The Morgan fingerprint density at radius 1 is 1.15 bits per heavy atom. The summed E-state index contributed by atoms with van der Waals surface area (Å²) in [5.74, 6) is 0.400. The van der Waals surface area contributed by atoms with Gasteiger partial charge < -0.3 is 15.3 Å². The van der Waals surface area contributed by atoms with Crippen LogP contribution >= 0.6 is 0 Å². The van der Waals surface area contributed by atoms with Gasteiger partial charge >= 0.3 is 0 Å². The molecule has 1 aliphatic heterocycles. The maximum atomic E-state index is 12.9. The van der Waals surface area contributed by atoms with Gasteiger partial charge in [-0.15, -0.1) is 0 Å². The van der Waals surface area contributed by atoms with E-state index in [1.807, 2.05) is 4.90 Å². The Hall–Kier alpha value is -1.39. The van der Waals surface area contributed by atoms with E-state index < -0.39 is 5.60 Å². The van der Waals surface area contributed by atoms with Gasteiger partial charge in [0.05, 0.1) is 0 Å². The molecule has 4 heteroatoms. The SMILES string of the molecule is CC(C)c1ccc(CN2CCC[C@](O)(CNC3CCCCC3)C2=O)cc1. The minimum absolute atomic E-state index is 0.111. The number of hydrogen-bond donors (Lipinski definition) is 2. The van der Waals surface area contributed by atoms with Gasteiger partial charge in [0.25, 0.3) is 5.91 Å². The van der Waals surface area contributed by atoms with Crippen LogP contribution < -0.4 is 5.32 Å². The van der Waals surface area contributed by atoms with E-state index in [2.05, 4.69) is 43.4 Å². The van der Waals surface area contributed by atoms with E-state index in [-0.39, 0.29) is 5.91 Å². The molecule has 4 nitrogen and oxygen atoms in total. The highest BCUT2D eigenvalue weighted by atomic mass is 16.3. The maximum absolute atomic E-state index is 12.9. The Balaban J connectivity index is 1.59.